The van der Waals surface area contributed by atoms with Crippen LogP contribution in [0.1, 0.15) is 0 Å². The van der Waals surface area contributed by atoms with Crippen LogP contribution in [0.25, 0.3) is 45.1 Å². The third kappa shape index (κ3) is 4.94. The summed E-state index contributed by atoms with van der Waals surface area (Å²) in [5, 5.41) is 0. The molecule has 0 unspecified atom stereocenters. The fraction of sp³-hybridized carbons (Fsp3) is 0. The molecule has 0 fully saturated rings. The SMILES string of the molecule is [OH3+].[Zn+2].c1ccc(-c2nc3ccccc3[n-]2)nc1.c1ccc(-c2nc3ccccc3[n-]2)nc1. The molecule has 2 aromatic carbocycles. The zero-order valence-electron chi connectivity index (χ0n) is 17.2. The molecular weight excluding hydrogens is 454 g/mol. The van der Waals surface area contributed by atoms with Gasteiger partial charge in [0, 0.05) is 12.4 Å². The molecule has 0 saturated heterocycles. The maximum atomic E-state index is 4.41. The first-order chi connectivity index (χ1) is 14.9. The van der Waals surface area contributed by atoms with Crippen LogP contribution in [0.2, 0.25) is 0 Å². The van der Waals surface area contributed by atoms with Crippen molar-refractivity contribution in [2.24, 2.45) is 0 Å². The second-order valence-electron chi connectivity index (χ2n) is 6.50. The van der Waals surface area contributed by atoms with E-state index >= 15 is 0 Å². The average Bonchev–Trinajstić information content (AvgIpc) is 3.45. The van der Waals surface area contributed by atoms with Gasteiger partial charge in [-0.1, -0.05) is 60.7 Å². The molecule has 0 amide bonds. The number of hydrogen-bond donors (Lipinski definition) is 0. The molecule has 0 bridgehead atoms. The monoisotopic (exact) mass is 471 g/mol. The molecule has 0 spiro atoms. The molecule has 6 rings (SSSR count). The molecule has 152 valence electrons. The van der Waals surface area contributed by atoms with Crippen molar-refractivity contribution in [3.8, 4) is 23.0 Å². The van der Waals surface area contributed by atoms with Crippen LogP contribution in [0.3, 0.4) is 0 Å². The average molecular weight is 473 g/mol. The summed E-state index contributed by atoms with van der Waals surface area (Å²) < 4.78 is 0. The van der Waals surface area contributed by atoms with Crippen LogP contribution in [0.4, 0.5) is 0 Å². The van der Waals surface area contributed by atoms with Crippen molar-refractivity contribution in [3.63, 3.8) is 0 Å². The molecule has 0 saturated carbocycles. The zero-order chi connectivity index (χ0) is 20.2. The minimum absolute atomic E-state index is 0. The van der Waals surface area contributed by atoms with Gasteiger partial charge in [0.2, 0.25) is 0 Å². The molecule has 6 aromatic rings. The van der Waals surface area contributed by atoms with Crippen LogP contribution < -0.4 is 9.97 Å². The molecule has 0 aliphatic carbocycles. The Morgan fingerprint density at radius 3 is 1.28 bits per heavy atom. The summed E-state index contributed by atoms with van der Waals surface area (Å²) in [7, 11) is 0. The molecule has 4 heterocycles. The molecular formula is C24H19N6OZn+. The van der Waals surface area contributed by atoms with E-state index in [9.17, 15) is 0 Å². The van der Waals surface area contributed by atoms with E-state index < -0.39 is 0 Å². The summed E-state index contributed by atoms with van der Waals surface area (Å²) in [6.07, 6.45) is 3.49. The Labute approximate surface area is 197 Å². The second kappa shape index (κ2) is 10.5. The number of benzene rings is 2. The maximum absolute atomic E-state index is 4.41. The summed E-state index contributed by atoms with van der Waals surface area (Å²) in [6.45, 7) is 0. The summed E-state index contributed by atoms with van der Waals surface area (Å²) in [4.78, 5) is 26.1. The Bertz CT molecular complexity index is 1220. The third-order valence-electron chi connectivity index (χ3n) is 4.46. The van der Waals surface area contributed by atoms with E-state index in [1.165, 1.54) is 0 Å². The van der Waals surface area contributed by atoms with Crippen molar-refractivity contribution in [2.45, 2.75) is 0 Å². The van der Waals surface area contributed by atoms with Crippen LogP contribution in [-0.2, 0) is 25.0 Å². The fourth-order valence-corrected chi connectivity index (χ4v) is 3.03. The molecule has 0 atom stereocenters. The number of para-hydroxylation sites is 4. The van der Waals surface area contributed by atoms with Crippen molar-refractivity contribution >= 4 is 22.1 Å². The molecule has 0 aliphatic rings. The molecule has 3 N–H and O–H groups in total. The van der Waals surface area contributed by atoms with Gasteiger partial charge in [-0.05, 0) is 58.0 Å². The van der Waals surface area contributed by atoms with E-state index in [4.69, 9.17) is 0 Å². The minimum Gasteiger partial charge on any atom is -0.457 e. The van der Waals surface area contributed by atoms with Gasteiger partial charge >= 0.3 is 19.5 Å². The topological polar surface area (TPSA) is 113 Å². The van der Waals surface area contributed by atoms with Gasteiger partial charge in [-0.25, -0.2) is 0 Å². The van der Waals surface area contributed by atoms with Gasteiger partial charge in [-0.3, -0.25) is 9.97 Å². The van der Waals surface area contributed by atoms with E-state index in [1.54, 1.807) is 12.4 Å². The van der Waals surface area contributed by atoms with Gasteiger partial charge < -0.3 is 25.4 Å². The van der Waals surface area contributed by atoms with Crippen LogP contribution in [0, 0.1) is 0 Å². The predicted octanol–water partition coefficient (Wildman–Crippen LogP) is 3.58. The van der Waals surface area contributed by atoms with E-state index in [0.717, 1.165) is 33.5 Å². The number of hydrogen-bond acceptors (Lipinski definition) is 4. The number of nitrogens with zero attached hydrogens (tertiary/aromatic N) is 6. The Kier molecular flexibility index (Phi) is 7.55. The first-order valence-corrected chi connectivity index (χ1v) is 9.48. The summed E-state index contributed by atoms with van der Waals surface area (Å²) >= 11 is 0. The minimum atomic E-state index is 0. The summed E-state index contributed by atoms with van der Waals surface area (Å²) in [5.74, 6) is 1.38. The van der Waals surface area contributed by atoms with Crippen LogP contribution in [0.5, 0.6) is 0 Å². The van der Waals surface area contributed by atoms with Gasteiger partial charge in [-0.2, -0.15) is 0 Å². The summed E-state index contributed by atoms with van der Waals surface area (Å²) in [6, 6.07) is 27.1. The number of pyridine rings is 2. The third-order valence-corrected chi connectivity index (χ3v) is 4.46. The molecule has 32 heavy (non-hydrogen) atoms. The fourth-order valence-electron chi connectivity index (χ4n) is 3.03. The molecule has 0 radical (unpaired) electrons. The largest absolute Gasteiger partial charge is 2.00 e. The number of fused-ring (bicyclic) bond motifs is 2. The Morgan fingerprint density at radius 1 is 0.500 bits per heavy atom. The Balaban J connectivity index is 0.000000170. The second-order valence-corrected chi connectivity index (χ2v) is 6.50. The van der Waals surface area contributed by atoms with Crippen molar-refractivity contribution in [3.05, 3.63) is 97.3 Å². The number of rotatable bonds is 2. The van der Waals surface area contributed by atoms with Gasteiger partial charge in [-0.15, -0.1) is 0 Å². The van der Waals surface area contributed by atoms with Crippen LogP contribution in [-0.4, -0.2) is 19.9 Å². The molecule has 0 aliphatic heterocycles. The zero-order valence-corrected chi connectivity index (χ0v) is 20.2. The van der Waals surface area contributed by atoms with E-state index in [-0.39, 0.29) is 25.0 Å². The standard InChI is InChI=1S/2C12H8N3.H2O.Zn/c2*1-2-6-10-9(5-1)14-12(15-10)11-7-3-4-8-13-11;;/h2*1-8H;1H2;/q2*-1;;+2/p+1. The van der Waals surface area contributed by atoms with Crippen molar-refractivity contribution in [2.75, 3.05) is 0 Å². The maximum Gasteiger partial charge on any atom is 2.00 e. The first kappa shape index (κ1) is 22.9. The Morgan fingerprint density at radius 2 is 0.906 bits per heavy atom. The van der Waals surface area contributed by atoms with Crippen LogP contribution in [0.15, 0.2) is 97.3 Å². The van der Waals surface area contributed by atoms with Crippen molar-refractivity contribution in [1.29, 1.82) is 0 Å². The normalized spacial score (nSPS) is 10.0. The van der Waals surface area contributed by atoms with Gasteiger partial charge in [0.1, 0.15) is 0 Å². The van der Waals surface area contributed by atoms with E-state index in [1.807, 2.05) is 84.9 Å². The van der Waals surface area contributed by atoms with E-state index in [2.05, 4.69) is 29.9 Å². The van der Waals surface area contributed by atoms with Crippen molar-refractivity contribution < 1.29 is 25.0 Å². The predicted molar refractivity (Wildman–Crippen MR) is 121 cm³/mol. The van der Waals surface area contributed by atoms with E-state index in [0.29, 0.717) is 11.6 Å². The molecule has 7 nitrogen and oxygen atoms in total. The Hall–Kier alpha value is -3.74. The van der Waals surface area contributed by atoms with Gasteiger partial charge in [0.15, 0.2) is 0 Å². The first-order valence-electron chi connectivity index (χ1n) is 9.48. The number of imidazole rings is 2. The molecule has 8 heteroatoms. The van der Waals surface area contributed by atoms with Gasteiger partial charge in [0.25, 0.3) is 0 Å². The summed E-state index contributed by atoms with van der Waals surface area (Å²) in [5.41, 5.74) is 5.29. The quantitative estimate of drug-likeness (QED) is 0.281. The smallest absolute Gasteiger partial charge is 0.457 e. The number of aromatic nitrogens is 6. The van der Waals surface area contributed by atoms with Crippen LogP contribution >= 0.6 is 0 Å². The molecule has 4 aromatic heterocycles. The van der Waals surface area contributed by atoms with Crippen molar-refractivity contribution in [1.82, 2.24) is 29.9 Å². The van der Waals surface area contributed by atoms with Gasteiger partial charge in [0.05, 0.1) is 11.4 Å².